The molecule has 0 N–H and O–H groups in total. The Hall–Kier alpha value is -1.43. The molecule has 0 unspecified atom stereocenters. The van der Waals surface area contributed by atoms with Gasteiger partial charge in [-0.2, -0.15) is 4.98 Å². The molecule has 1 heterocycles. The van der Waals surface area contributed by atoms with Crippen molar-refractivity contribution in [2.45, 2.75) is 39.2 Å². The summed E-state index contributed by atoms with van der Waals surface area (Å²) in [6, 6.07) is 0. The zero-order chi connectivity index (χ0) is 13.8. The highest BCUT2D eigenvalue weighted by molar-refractivity contribution is 5.78. The van der Waals surface area contributed by atoms with Crippen LogP contribution in [0, 0.1) is 0 Å². The Labute approximate surface area is 113 Å². The average molecular weight is 266 g/mol. The first-order valence-electron chi connectivity index (χ1n) is 6.92. The number of carbonyl (C=O) groups excluding carboxylic acids is 1. The van der Waals surface area contributed by atoms with Crippen LogP contribution in [0.1, 0.15) is 44.3 Å². The van der Waals surface area contributed by atoms with E-state index in [-0.39, 0.29) is 5.91 Å². The molecule has 0 aromatic carbocycles. The van der Waals surface area contributed by atoms with Crippen molar-refractivity contribution in [2.75, 3.05) is 26.7 Å². The van der Waals surface area contributed by atoms with Crippen molar-refractivity contribution in [3.05, 3.63) is 11.7 Å². The van der Waals surface area contributed by atoms with E-state index in [0.717, 1.165) is 31.8 Å². The van der Waals surface area contributed by atoms with Gasteiger partial charge in [0.25, 0.3) is 0 Å². The zero-order valence-electron chi connectivity index (χ0n) is 11.9. The van der Waals surface area contributed by atoms with Crippen LogP contribution in [-0.2, 0) is 11.3 Å². The molecular formula is C13H22N4O2. The van der Waals surface area contributed by atoms with Gasteiger partial charge in [0, 0.05) is 19.0 Å². The maximum absolute atomic E-state index is 11.9. The summed E-state index contributed by atoms with van der Waals surface area (Å²) in [5.74, 6) is 2.05. The molecular weight excluding hydrogens is 244 g/mol. The number of likely N-dealkylation sites (N-methyl/N-ethyl adjacent to an activating group) is 2. The molecule has 1 saturated carbocycles. The molecule has 0 atom stereocenters. The highest BCUT2D eigenvalue weighted by Gasteiger charge is 2.28. The van der Waals surface area contributed by atoms with E-state index in [1.54, 1.807) is 0 Å². The van der Waals surface area contributed by atoms with Gasteiger partial charge in [-0.25, -0.2) is 0 Å². The quantitative estimate of drug-likeness (QED) is 0.743. The summed E-state index contributed by atoms with van der Waals surface area (Å²) in [6.45, 7) is 6.36. The van der Waals surface area contributed by atoms with E-state index >= 15 is 0 Å². The molecule has 6 heteroatoms. The number of aromatic nitrogens is 2. The first-order valence-corrected chi connectivity index (χ1v) is 6.92. The van der Waals surface area contributed by atoms with Gasteiger partial charge in [0.2, 0.25) is 11.8 Å². The van der Waals surface area contributed by atoms with Gasteiger partial charge >= 0.3 is 0 Å². The summed E-state index contributed by atoms with van der Waals surface area (Å²) in [5, 5.41) is 3.97. The molecule has 19 heavy (non-hydrogen) atoms. The Morgan fingerprint density at radius 2 is 2.05 bits per heavy atom. The highest BCUT2D eigenvalue weighted by Crippen LogP contribution is 2.38. The maximum Gasteiger partial charge on any atom is 0.240 e. The SMILES string of the molecule is CCN(CC)C(=O)CN(C)Cc1nc(C2CC2)no1. The fraction of sp³-hybridized carbons (Fsp3) is 0.769. The van der Waals surface area contributed by atoms with Gasteiger partial charge in [0.15, 0.2) is 5.82 Å². The molecule has 1 aromatic heterocycles. The Kier molecular flexibility index (Phi) is 4.52. The molecule has 1 aliphatic rings. The van der Waals surface area contributed by atoms with E-state index in [1.807, 2.05) is 30.7 Å². The minimum absolute atomic E-state index is 0.134. The largest absolute Gasteiger partial charge is 0.342 e. The predicted molar refractivity (Wildman–Crippen MR) is 70.5 cm³/mol. The molecule has 1 aliphatic carbocycles. The molecule has 6 nitrogen and oxygen atoms in total. The summed E-state index contributed by atoms with van der Waals surface area (Å²) in [5.41, 5.74) is 0. The molecule has 1 fully saturated rings. The van der Waals surface area contributed by atoms with E-state index in [9.17, 15) is 4.79 Å². The van der Waals surface area contributed by atoms with Crippen molar-refractivity contribution in [1.82, 2.24) is 19.9 Å². The van der Waals surface area contributed by atoms with E-state index in [1.165, 1.54) is 0 Å². The van der Waals surface area contributed by atoms with Crippen molar-refractivity contribution < 1.29 is 9.32 Å². The van der Waals surface area contributed by atoms with Gasteiger partial charge in [-0.1, -0.05) is 5.16 Å². The number of carbonyl (C=O) groups is 1. The smallest absolute Gasteiger partial charge is 0.240 e. The summed E-state index contributed by atoms with van der Waals surface area (Å²) in [7, 11) is 1.89. The van der Waals surface area contributed by atoms with Gasteiger partial charge in [-0.3, -0.25) is 9.69 Å². The van der Waals surface area contributed by atoms with Crippen LogP contribution in [0.3, 0.4) is 0 Å². The van der Waals surface area contributed by atoms with E-state index < -0.39 is 0 Å². The zero-order valence-corrected chi connectivity index (χ0v) is 11.9. The van der Waals surface area contributed by atoms with Crippen molar-refractivity contribution in [3.8, 4) is 0 Å². The third kappa shape index (κ3) is 3.76. The second-order valence-electron chi connectivity index (χ2n) is 5.06. The van der Waals surface area contributed by atoms with Gasteiger partial charge in [0.05, 0.1) is 13.1 Å². The van der Waals surface area contributed by atoms with Crippen LogP contribution in [0.5, 0.6) is 0 Å². The van der Waals surface area contributed by atoms with Crippen LogP contribution < -0.4 is 0 Å². The Morgan fingerprint density at radius 3 is 2.63 bits per heavy atom. The van der Waals surface area contributed by atoms with Crippen molar-refractivity contribution in [1.29, 1.82) is 0 Å². The number of hydrogen-bond acceptors (Lipinski definition) is 5. The lowest BCUT2D eigenvalue weighted by Crippen LogP contribution is -2.38. The second kappa shape index (κ2) is 6.14. The molecule has 0 bridgehead atoms. The van der Waals surface area contributed by atoms with Crippen LogP contribution >= 0.6 is 0 Å². The molecule has 1 aromatic rings. The second-order valence-corrected chi connectivity index (χ2v) is 5.06. The standard InChI is InChI=1S/C13H22N4O2/c1-4-17(5-2)12(18)9-16(3)8-11-14-13(15-19-11)10-6-7-10/h10H,4-9H2,1-3H3. The third-order valence-electron chi connectivity index (χ3n) is 3.35. The van der Waals surface area contributed by atoms with E-state index in [2.05, 4.69) is 10.1 Å². The summed E-state index contributed by atoms with van der Waals surface area (Å²) < 4.78 is 5.20. The normalized spacial score (nSPS) is 14.9. The Bertz CT molecular complexity index is 424. The summed E-state index contributed by atoms with van der Waals surface area (Å²) in [4.78, 5) is 20.0. The molecule has 106 valence electrons. The van der Waals surface area contributed by atoms with Crippen molar-refractivity contribution in [2.24, 2.45) is 0 Å². The molecule has 1 amide bonds. The van der Waals surface area contributed by atoms with Gasteiger partial charge < -0.3 is 9.42 Å². The number of amides is 1. The molecule has 2 rings (SSSR count). The average Bonchev–Trinajstić information content (AvgIpc) is 3.12. The highest BCUT2D eigenvalue weighted by atomic mass is 16.5. The van der Waals surface area contributed by atoms with Crippen LogP contribution in [0.15, 0.2) is 4.52 Å². The van der Waals surface area contributed by atoms with Crippen LogP contribution in [0.25, 0.3) is 0 Å². The molecule has 0 aliphatic heterocycles. The lowest BCUT2D eigenvalue weighted by Gasteiger charge is -2.22. The predicted octanol–water partition coefficient (Wildman–Crippen LogP) is 1.25. The summed E-state index contributed by atoms with van der Waals surface area (Å²) in [6.07, 6.45) is 2.32. The fourth-order valence-corrected chi connectivity index (χ4v) is 2.03. The van der Waals surface area contributed by atoms with Crippen LogP contribution in [0.4, 0.5) is 0 Å². The minimum atomic E-state index is 0.134. The molecule has 0 radical (unpaired) electrons. The van der Waals surface area contributed by atoms with Crippen LogP contribution in [-0.4, -0.2) is 52.5 Å². The summed E-state index contributed by atoms with van der Waals surface area (Å²) >= 11 is 0. The number of rotatable bonds is 7. The number of nitrogens with zero attached hydrogens (tertiary/aromatic N) is 4. The van der Waals surface area contributed by atoms with Crippen molar-refractivity contribution >= 4 is 5.91 Å². The van der Waals surface area contributed by atoms with Crippen LogP contribution in [0.2, 0.25) is 0 Å². The third-order valence-corrected chi connectivity index (χ3v) is 3.35. The van der Waals surface area contributed by atoms with Crippen molar-refractivity contribution in [3.63, 3.8) is 0 Å². The van der Waals surface area contributed by atoms with Gasteiger partial charge in [0.1, 0.15) is 0 Å². The molecule has 0 saturated heterocycles. The lowest BCUT2D eigenvalue weighted by atomic mass is 10.4. The van der Waals surface area contributed by atoms with E-state index in [4.69, 9.17) is 4.52 Å². The molecule has 0 spiro atoms. The Balaban J connectivity index is 1.82. The van der Waals surface area contributed by atoms with Gasteiger partial charge in [-0.15, -0.1) is 0 Å². The first kappa shape index (κ1) is 14.0. The topological polar surface area (TPSA) is 62.5 Å². The fourth-order valence-electron chi connectivity index (χ4n) is 2.03. The maximum atomic E-state index is 11.9. The Morgan fingerprint density at radius 1 is 1.37 bits per heavy atom. The lowest BCUT2D eigenvalue weighted by molar-refractivity contribution is -0.131. The van der Waals surface area contributed by atoms with Gasteiger partial charge in [-0.05, 0) is 33.7 Å². The minimum Gasteiger partial charge on any atom is -0.342 e. The van der Waals surface area contributed by atoms with E-state index in [0.29, 0.717) is 24.9 Å². The monoisotopic (exact) mass is 266 g/mol. The number of hydrogen-bond donors (Lipinski definition) is 0. The first-order chi connectivity index (χ1) is 9.13.